The topological polar surface area (TPSA) is 50.1 Å². The number of hydrogen-bond donors (Lipinski definition) is 2. The second-order valence-electron chi connectivity index (χ2n) is 5.57. The van der Waals surface area contributed by atoms with E-state index < -0.39 is 6.10 Å². The van der Waals surface area contributed by atoms with Crippen molar-refractivity contribution in [1.82, 2.24) is 15.1 Å². The van der Waals surface area contributed by atoms with Crippen LogP contribution in [0.1, 0.15) is 42.7 Å². The maximum Gasteiger partial charge on any atom is 0.0915 e. The summed E-state index contributed by atoms with van der Waals surface area (Å²) in [5, 5.41) is 18.6. The average Bonchev–Trinajstić information content (AvgIpc) is 2.80. The van der Waals surface area contributed by atoms with Crippen LogP contribution in [0.5, 0.6) is 0 Å². The van der Waals surface area contributed by atoms with Crippen molar-refractivity contribution in [1.29, 1.82) is 0 Å². The van der Waals surface area contributed by atoms with Gasteiger partial charge in [0.2, 0.25) is 0 Å². The van der Waals surface area contributed by atoms with Gasteiger partial charge in [-0.15, -0.1) is 0 Å². The summed E-state index contributed by atoms with van der Waals surface area (Å²) in [6.45, 7) is 5.44. The molecule has 114 valence electrons. The molecule has 0 spiro atoms. The van der Waals surface area contributed by atoms with Crippen molar-refractivity contribution in [2.24, 2.45) is 7.05 Å². The van der Waals surface area contributed by atoms with E-state index in [1.165, 1.54) is 5.56 Å². The zero-order valence-electron chi connectivity index (χ0n) is 12.7. The first-order valence-corrected chi connectivity index (χ1v) is 7.52. The van der Waals surface area contributed by atoms with Gasteiger partial charge in [-0.2, -0.15) is 5.10 Å². The van der Waals surface area contributed by atoms with Crippen LogP contribution in [0.25, 0.3) is 0 Å². The number of benzene rings is 1. The molecule has 0 aliphatic rings. The van der Waals surface area contributed by atoms with Gasteiger partial charge in [-0.3, -0.25) is 4.68 Å². The fourth-order valence-electron chi connectivity index (χ4n) is 2.35. The molecule has 0 aliphatic heterocycles. The number of rotatable bonds is 6. The number of aromatic nitrogens is 2. The van der Waals surface area contributed by atoms with E-state index in [-0.39, 0.29) is 0 Å². The number of nitrogens with one attached hydrogen (secondary N) is 1. The van der Waals surface area contributed by atoms with Crippen molar-refractivity contribution in [3.63, 3.8) is 0 Å². The number of aliphatic hydroxyl groups excluding tert-OH is 1. The van der Waals surface area contributed by atoms with Gasteiger partial charge in [0.25, 0.3) is 0 Å². The molecule has 1 atom stereocenters. The summed E-state index contributed by atoms with van der Waals surface area (Å²) in [4.78, 5) is 0. The summed E-state index contributed by atoms with van der Waals surface area (Å²) in [5.74, 6) is 0.390. The number of halogens is 1. The SMILES string of the molecule is CC(C)c1nn(C)cc1CNC[C@H](O)c1cccc(Cl)c1. The van der Waals surface area contributed by atoms with Crippen LogP contribution in [0, 0.1) is 0 Å². The van der Waals surface area contributed by atoms with Gasteiger partial charge < -0.3 is 10.4 Å². The molecule has 0 saturated heterocycles. The molecule has 0 bridgehead atoms. The third-order valence-corrected chi connectivity index (χ3v) is 3.61. The van der Waals surface area contributed by atoms with Gasteiger partial charge in [0.1, 0.15) is 0 Å². The molecule has 1 heterocycles. The second kappa shape index (κ2) is 7.07. The number of hydrogen-bond acceptors (Lipinski definition) is 3. The Hall–Kier alpha value is -1.36. The lowest BCUT2D eigenvalue weighted by Crippen LogP contribution is -2.21. The first kappa shape index (κ1) is 16.0. The lowest BCUT2D eigenvalue weighted by Gasteiger charge is -2.13. The highest BCUT2D eigenvalue weighted by atomic mass is 35.5. The molecule has 2 rings (SSSR count). The van der Waals surface area contributed by atoms with Crippen LogP contribution in [0.2, 0.25) is 5.02 Å². The fourth-order valence-corrected chi connectivity index (χ4v) is 2.55. The second-order valence-corrected chi connectivity index (χ2v) is 6.01. The summed E-state index contributed by atoms with van der Waals surface area (Å²) in [7, 11) is 1.93. The molecule has 0 aliphatic carbocycles. The predicted molar refractivity (Wildman–Crippen MR) is 85.4 cm³/mol. The van der Waals surface area contributed by atoms with Crippen molar-refractivity contribution in [3.8, 4) is 0 Å². The monoisotopic (exact) mass is 307 g/mol. The van der Waals surface area contributed by atoms with Gasteiger partial charge in [0, 0.05) is 36.9 Å². The Morgan fingerprint density at radius 3 is 2.81 bits per heavy atom. The van der Waals surface area contributed by atoms with Crippen molar-refractivity contribution >= 4 is 11.6 Å². The molecule has 0 unspecified atom stereocenters. The standard InChI is InChI=1S/C16H22ClN3O/c1-11(2)16-13(10-20(3)19-16)8-18-9-15(21)12-5-4-6-14(17)7-12/h4-7,10-11,15,18,21H,8-9H2,1-3H3/t15-/m0/s1. The highest BCUT2D eigenvalue weighted by molar-refractivity contribution is 6.30. The molecule has 0 fully saturated rings. The molecule has 0 amide bonds. The normalized spacial score (nSPS) is 12.9. The third-order valence-electron chi connectivity index (χ3n) is 3.37. The summed E-state index contributed by atoms with van der Waals surface area (Å²) >= 11 is 5.93. The van der Waals surface area contributed by atoms with Crippen LogP contribution in [0.3, 0.4) is 0 Å². The molecular weight excluding hydrogens is 286 g/mol. The van der Waals surface area contributed by atoms with Crippen molar-refractivity contribution in [2.45, 2.75) is 32.4 Å². The first-order chi connectivity index (χ1) is 9.97. The van der Waals surface area contributed by atoms with E-state index in [9.17, 15) is 5.11 Å². The number of nitrogens with zero attached hydrogens (tertiary/aromatic N) is 2. The van der Waals surface area contributed by atoms with E-state index in [2.05, 4.69) is 24.3 Å². The molecule has 2 aromatic rings. The van der Waals surface area contributed by atoms with E-state index in [1.807, 2.05) is 30.1 Å². The Labute approximate surface area is 130 Å². The van der Waals surface area contributed by atoms with Crippen LogP contribution < -0.4 is 5.32 Å². The van der Waals surface area contributed by atoms with Gasteiger partial charge in [0.15, 0.2) is 0 Å². The van der Waals surface area contributed by atoms with E-state index in [0.717, 1.165) is 11.3 Å². The zero-order valence-corrected chi connectivity index (χ0v) is 13.4. The van der Waals surface area contributed by atoms with Gasteiger partial charge >= 0.3 is 0 Å². The molecule has 21 heavy (non-hydrogen) atoms. The van der Waals surface area contributed by atoms with Gasteiger partial charge in [-0.1, -0.05) is 37.6 Å². The van der Waals surface area contributed by atoms with Crippen molar-refractivity contribution in [2.75, 3.05) is 6.54 Å². The average molecular weight is 308 g/mol. The molecule has 5 heteroatoms. The molecule has 0 radical (unpaired) electrons. The maximum atomic E-state index is 10.2. The minimum atomic E-state index is -0.567. The van der Waals surface area contributed by atoms with E-state index in [0.29, 0.717) is 24.0 Å². The summed E-state index contributed by atoms with van der Waals surface area (Å²) in [6.07, 6.45) is 1.46. The first-order valence-electron chi connectivity index (χ1n) is 7.14. The Morgan fingerprint density at radius 2 is 2.14 bits per heavy atom. The smallest absolute Gasteiger partial charge is 0.0915 e. The van der Waals surface area contributed by atoms with E-state index >= 15 is 0 Å². The highest BCUT2D eigenvalue weighted by Gasteiger charge is 2.12. The molecule has 1 aromatic carbocycles. The Morgan fingerprint density at radius 1 is 1.38 bits per heavy atom. The quantitative estimate of drug-likeness (QED) is 0.862. The van der Waals surface area contributed by atoms with Gasteiger partial charge in [-0.05, 0) is 23.6 Å². The molecule has 4 nitrogen and oxygen atoms in total. The van der Waals surface area contributed by atoms with Crippen molar-refractivity contribution < 1.29 is 5.11 Å². The Kier molecular flexibility index (Phi) is 5.39. The maximum absolute atomic E-state index is 10.2. The van der Waals surface area contributed by atoms with E-state index in [4.69, 9.17) is 11.6 Å². The zero-order chi connectivity index (χ0) is 15.4. The van der Waals surface area contributed by atoms with Crippen LogP contribution in [0.4, 0.5) is 0 Å². The molecule has 2 N–H and O–H groups in total. The van der Waals surface area contributed by atoms with Crippen LogP contribution in [-0.2, 0) is 13.6 Å². The Balaban J connectivity index is 1.92. The molecule has 0 saturated carbocycles. The molecule has 1 aromatic heterocycles. The van der Waals surface area contributed by atoms with Crippen LogP contribution in [0.15, 0.2) is 30.5 Å². The lowest BCUT2D eigenvalue weighted by atomic mass is 10.1. The number of aliphatic hydroxyl groups is 1. The Bertz CT molecular complexity index is 595. The highest BCUT2D eigenvalue weighted by Crippen LogP contribution is 2.19. The largest absolute Gasteiger partial charge is 0.387 e. The van der Waals surface area contributed by atoms with E-state index in [1.54, 1.807) is 12.1 Å². The fraction of sp³-hybridized carbons (Fsp3) is 0.438. The minimum Gasteiger partial charge on any atom is -0.387 e. The van der Waals surface area contributed by atoms with Gasteiger partial charge in [0.05, 0.1) is 11.8 Å². The van der Waals surface area contributed by atoms with Crippen molar-refractivity contribution in [3.05, 3.63) is 52.3 Å². The summed E-state index contributed by atoms with van der Waals surface area (Å²) in [5.41, 5.74) is 3.10. The number of aryl methyl sites for hydroxylation is 1. The summed E-state index contributed by atoms with van der Waals surface area (Å²) in [6, 6.07) is 7.31. The van der Waals surface area contributed by atoms with Crippen LogP contribution in [-0.4, -0.2) is 21.4 Å². The molecular formula is C16H22ClN3O. The predicted octanol–water partition coefficient (Wildman–Crippen LogP) is 3.02. The summed E-state index contributed by atoms with van der Waals surface area (Å²) < 4.78 is 1.83. The van der Waals surface area contributed by atoms with Crippen LogP contribution >= 0.6 is 11.6 Å². The third kappa shape index (κ3) is 4.30. The lowest BCUT2D eigenvalue weighted by molar-refractivity contribution is 0.174. The minimum absolute atomic E-state index is 0.390. The van der Waals surface area contributed by atoms with Gasteiger partial charge in [-0.25, -0.2) is 0 Å².